The van der Waals surface area contributed by atoms with Gasteiger partial charge in [-0.25, -0.2) is 0 Å². The Hall–Kier alpha value is -2.14. The topological polar surface area (TPSA) is 55.6 Å². The average molecular weight is 298 g/mol. The van der Waals surface area contributed by atoms with Crippen LogP contribution in [-0.2, 0) is 16.0 Å². The van der Waals surface area contributed by atoms with Gasteiger partial charge in [0, 0.05) is 30.5 Å². The fourth-order valence-electron chi connectivity index (χ4n) is 3.23. The monoisotopic (exact) mass is 298 g/mol. The van der Waals surface area contributed by atoms with Crippen LogP contribution in [0.1, 0.15) is 24.1 Å². The predicted octanol–water partition coefficient (Wildman–Crippen LogP) is 2.72. The lowest BCUT2D eigenvalue weighted by Crippen LogP contribution is -2.37. The van der Waals surface area contributed by atoms with E-state index in [1.807, 2.05) is 30.0 Å². The molecule has 1 aromatic carbocycles. The molecule has 1 fully saturated rings. The van der Waals surface area contributed by atoms with Gasteiger partial charge in [0.1, 0.15) is 6.10 Å². The summed E-state index contributed by atoms with van der Waals surface area (Å²) in [5.74, 6) is 0.865. The van der Waals surface area contributed by atoms with Crippen molar-refractivity contribution >= 4 is 11.6 Å². The number of fused-ring (bicyclic) bond motifs is 1. The summed E-state index contributed by atoms with van der Waals surface area (Å²) in [5.41, 5.74) is 4.05. The van der Waals surface area contributed by atoms with Crippen LogP contribution in [0.4, 0.5) is 5.69 Å². The molecule has 0 radical (unpaired) electrons. The van der Waals surface area contributed by atoms with Gasteiger partial charge in [0.25, 0.3) is 5.91 Å². The van der Waals surface area contributed by atoms with Gasteiger partial charge in [-0.1, -0.05) is 5.16 Å². The van der Waals surface area contributed by atoms with Crippen LogP contribution in [-0.4, -0.2) is 30.3 Å². The second-order valence-electron chi connectivity index (χ2n) is 5.92. The van der Waals surface area contributed by atoms with Gasteiger partial charge >= 0.3 is 0 Å². The molecule has 114 valence electrons. The summed E-state index contributed by atoms with van der Waals surface area (Å²) >= 11 is 0. The number of aryl methyl sites for hydroxylation is 1. The Kier molecular flexibility index (Phi) is 3.22. The van der Waals surface area contributed by atoms with E-state index in [9.17, 15) is 4.79 Å². The average Bonchev–Trinajstić information content (AvgIpc) is 3.26. The molecule has 1 saturated heterocycles. The molecule has 1 amide bonds. The minimum Gasteiger partial charge on any atom is -0.368 e. The second-order valence-corrected chi connectivity index (χ2v) is 5.92. The van der Waals surface area contributed by atoms with Crippen molar-refractivity contribution in [1.29, 1.82) is 0 Å². The van der Waals surface area contributed by atoms with Crippen LogP contribution in [0.25, 0.3) is 11.3 Å². The largest absolute Gasteiger partial charge is 0.368 e. The fraction of sp³-hybridized carbons (Fsp3) is 0.412. The maximum absolute atomic E-state index is 12.5. The van der Waals surface area contributed by atoms with Gasteiger partial charge in [-0.2, -0.15) is 0 Å². The summed E-state index contributed by atoms with van der Waals surface area (Å²) in [6, 6.07) is 8.01. The first-order chi connectivity index (χ1) is 10.7. The third kappa shape index (κ3) is 2.22. The van der Waals surface area contributed by atoms with Crippen LogP contribution in [0.5, 0.6) is 0 Å². The van der Waals surface area contributed by atoms with Crippen LogP contribution in [0.3, 0.4) is 0 Å². The van der Waals surface area contributed by atoms with Gasteiger partial charge in [-0.3, -0.25) is 4.79 Å². The number of ether oxygens (including phenoxy) is 1. The Morgan fingerprint density at radius 1 is 1.36 bits per heavy atom. The van der Waals surface area contributed by atoms with Crippen molar-refractivity contribution in [3.63, 3.8) is 0 Å². The number of aromatic nitrogens is 1. The molecule has 5 heteroatoms. The molecule has 22 heavy (non-hydrogen) atoms. The van der Waals surface area contributed by atoms with E-state index in [1.165, 1.54) is 5.56 Å². The maximum atomic E-state index is 12.5. The molecular weight excluding hydrogens is 280 g/mol. The number of amides is 1. The molecule has 2 aliphatic rings. The normalized spacial score (nSPS) is 20.4. The molecule has 2 aromatic rings. The zero-order chi connectivity index (χ0) is 15.1. The summed E-state index contributed by atoms with van der Waals surface area (Å²) in [6.07, 6.45) is 2.41. The lowest BCUT2D eigenvalue weighted by atomic mass is 10.1. The van der Waals surface area contributed by atoms with Crippen LogP contribution in [0, 0.1) is 6.92 Å². The van der Waals surface area contributed by atoms with Crippen LogP contribution < -0.4 is 4.90 Å². The fourth-order valence-corrected chi connectivity index (χ4v) is 3.23. The van der Waals surface area contributed by atoms with Gasteiger partial charge < -0.3 is 14.2 Å². The zero-order valence-electron chi connectivity index (χ0n) is 12.5. The van der Waals surface area contributed by atoms with Crippen molar-refractivity contribution in [2.24, 2.45) is 0 Å². The Labute approximate surface area is 128 Å². The highest BCUT2D eigenvalue weighted by molar-refractivity contribution is 5.98. The summed E-state index contributed by atoms with van der Waals surface area (Å²) in [7, 11) is 0. The number of carbonyl (C=O) groups excluding carboxylic acids is 1. The third-order valence-electron chi connectivity index (χ3n) is 4.36. The number of carbonyl (C=O) groups is 1. The molecule has 0 saturated carbocycles. The van der Waals surface area contributed by atoms with E-state index in [-0.39, 0.29) is 12.0 Å². The van der Waals surface area contributed by atoms with Crippen molar-refractivity contribution in [2.75, 3.05) is 18.1 Å². The smallest absolute Gasteiger partial charge is 0.256 e. The number of hydrogen-bond donors (Lipinski definition) is 0. The highest BCUT2D eigenvalue weighted by Crippen LogP contribution is 2.33. The molecule has 0 spiro atoms. The number of hydrogen-bond acceptors (Lipinski definition) is 4. The summed E-state index contributed by atoms with van der Waals surface area (Å²) in [4.78, 5) is 14.4. The van der Waals surface area contributed by atoms with E-state index in [2.05, 4.69) is 11.2 Å². The standard InChI is InChI=1S/C17H18N2O3/c1-11-9-16(22-18-11)13-4-5-14-12(10-13)6-7-19(14)17(20)15-3-2-8-21-15/h4-5,9-10,15H,2-3,6-8H2,1H3/t15-/m0/s1. The highest BCUT2D eigenvalue weighted by Gasteiger charge is 2.32. The molecule has 0 unspecified atom stereocenters. The molecule has 5 nitrogen and oxygen atoms in total. The van der Waals surface area contributed by atoms with Gasteiger partial charge in [-0.05, 0) is 49.9 Å². The Morgan fingerprint density at radius 2 is 2.27 bits per heavy atom. The molecular formula is C17H18N2O3. The SMILES string of the molecule is Cc1cc(-c2ccc3c(c2)CCN3C(=O)[C@@H]2CCCO2)on1. The van der Waals surface area contributed by atoms with E-state index in [0.29, 0.717) is 6.61 Å². The first-order valence-electron chi connectivity index (χ1n) is 7.72. The molecule has 4 rings (SSSR count). The quantitative estimate of drug-likeness (QED) is 0.855. The summed E-state index contributed by atoms with van der Waals surface area (Å²) < 4.78 is 10.8. The predicted molar refractivity (Wildman–Crippen MR) is 81.7 cm³/mol. The van der Waals surface area contributed by atoms with Crippen molar-refractivity contribution in [2.45, 2.75) is 32.3 Å². The molecule has 1 aromatic heterocycles. The van der Waals surface area contributed by atoms with Crippen LogP contribution >= 0.6 is 0 Å². The number of anilines is 1. The van der Waals surface area contributed by atoms with Crippen molar-refractivity contribution in [3.8, 4) is 11.3 Å². The number of benzene rings is 1. The molecule has 3 heterocycles. The molecule has 0 bridgehead atoms. The lowest BCUT2D eigenvalue weighted by Gasteiger charge is -2.20. The van der Waals surface area contributed by atoms with E-state index in [1.54, 1.807) is 0 Å². The van der Waals surface area contributed by atoms with Crippen LogP contribution in [0.15, 0.2) is 28.8 Å². The number of rotatable bonds is 2. The molecule has 1 atom stereocenters. The van der Waals surface area contributed by atoms with E-state index < -0.39 is 0 Å². The third-order valence-corrected chi connectivity index (χ3v) is 4.36. The van der Waals surface area contributed by atoms with E-state index >= 15 is 0 Å². The zero-order valence-corrected chi connectivity index (χ0v) is 12.5. The highest BCUT2D eigenvalue weighted by atomic mass is 16.5. The van der Waals surface area contributed by atoms with E-state index in [0.717, 1.165) is 48.5 Å². The first kappa shape index (κ1) is 13.5. The second kappa shape index (κ2) is 5.25. The molecule has 2 aliphatic heterocycles. The molecule has 0 aliphatic carbocycles. The molecule has 0 N–H and O–H groups in total. The lowest BCUT2D eigenvalue weighted by molar-refractivity contribution is -0.127. The Bertz CT molecular complexity index is 716. The Morgan fingerprint density at radius 3 is 3.00 bits per heavy atom. The maximum Gasteiger partial charge on any atom is 0.256 e. The van der Waals surface area contributed by atoms with Gasteiger partial charge in [0.15, 0.2) is 5.76 Å². The summed E-state index contributed by atoms with van der Waals surface area (Å²) in [6.45, 7) is 3.33. The van der Waals surface area contributed by atoms with Gasteiger partial charge in [0.2, 0.25) is 0 Å². The number of nitrogens with zero attached hydrogens (tertiary/aromatic N) is 2. The minimum atomic E-state index is -0.262. The Balaban J connectivity index is 1.61. The van der Waals surface area contributed by atoms with Crippen molar-refractivity contribution in [1.82, 2.24) is 5.16 Å². The van der Waals surface area contributed by atoms with Gasteiger partial charge in [-0.15, -0.1) is 0 Å². The summed E-state index contributed by atoms with van der Waals surface area (Å²) in [5, 5.41) is 3.93. The van der Waals surface area contributed by atoms with Crippen molar-refractivity contribution in [3.05, 3.63) is 35.5 Å². The van der Waals surface area contributed by atoms with Crippen molar-refractivity contribution < 1.29 is 14.1 Å². The first-order valence-corrected chi connectivity index (χ1v) is 7.72. The van der Waals surface area contributed by atoms with Crippen LogP contribution in [0.2, 0.25) is 0 Å². The minimum absolute atomic E-state index is 0.0968. The van der Waals surface area contributed by atoms with Gasteiger partial charge in [0.05, 0.1) is 5.69 Å². The van der Waals surface area contributed by atoms with E-state index in [4.69, 9.17) is 9.26 Å².